The molecule has 1 aliphatic carbocycles. The normalized spacial score (nSPS) is 15.4. The molecule has 0 spiro atoms. The van der Waals surface area contributed by atoms with Crippen molar-refractivity contribution < 1.29 is 23.2 Å². The van der Waals surface area contributed by atoms with Crippen LogP contribution >= 0.6 is 0 Å². The van der Waals surface area contributed by atoms with Gasteiger partial charge >= 0.3 is 0 Å². The zero-order valence-electron chi connectivity index (χ0n) is 11.2. The number of hydrogen-bond donors (Lipinski definition) is 0. The topological polar surface area (TPSA) is 70.6 Å². The Morgan fingerprint density at radius 2 is 1.95 bits per heavy atom. The molecular weight excluding hydrogens is 284 g/mol. The summed E-state index contributed by atoms with van der Waals surface area (Å²) in [7, 11) is 1.44. The van der Waals surface area contributed by atoms with Crippen molar-refractivity contribution in [2.24, 2.45) is 0 Å². The predicted molar refractivity (Wildman–Crippen MR) is 68.5 cm³/mol. The number of aromatic nitrogens is 1. The van der Waals surface area contributed by atoms with Crippen molar-refractivity contribution in [3.63, 3.8) is 0 Å². The lowest BCUT2D eigenvalue weighted by molar-refractivity contribution is -0.140. The van der Waals surface area contributed by atoms with Crippen molar-refractivity contribution in [3.8, 4) is 0 Å². The Morgan fingerprint density at radius 3 is 2.33 bits per heavy atom. The van der Waals surface area contributed by atoms with E-state index < -0.39 is 17.9 Å². The van der Waals surface area contributed by atoms with Crippen molar-refractivity contribution in [1.82, 2.24) is 9.88 Å². The first-order valence-corrected chi connectivity index (χ1v) is 6.17. The average Bonchev–Trinajstić information content (AvgIpc) is 3.29. The number of halogens is 2. The maximum Gasteiger partial charge on any atom is 0.280 e. The molecule has 2 rings (SSSR count). The second-order valence-electron chi connectivity index (χ2n) is 4.76. The molecule has 1 aromatic heterocycles. The number of alkyl halides is 2. The van der Waals surface area contributed by atoms with Crippen LogP contribution in [-0.4, -0.2) is 41.2 Å². The minimum atomic E-state index is -2.68. The Morgan fingerprint density at radius 1 is 1.33 bits per heavy atom. The summed E-state index contributed by atoms with van der Waals surface area (Å²) in [6.07, 6.45) is -0.141. The Balaban J connectivity index is 2.19. The van der Waals surface area contributed by atoms with E-state index in [1.54, 1.807) is 0 Å². The van der Waals surface area contributed by atoms with E-state index in [0.29, 0.717) is 31.3 Å². The van der Waals surface area contributed by atoms with Crippen LogP contribution in [0.4, 0.5) is 14.5 Å². The molecule has 1 heterocycles. The predicted octanol–water partition coefficient (Wildman–Crippen LogP) is 1.13. The Kier molecular flexibility index (Phi) is 3.97. The number of pyridine rings is 1. The van der Waals surface area contributed by atoms with Crippen molar-refractivity contribution >= 4 is 24.4 Å². The van der Waals surface area contributed by atoms with Gasteiger partial charge in [0.2, 0.25) is 12.8 Å². The quantitative estimate of drug-likeness (QED) is 0.738. The van der Waals surface area contributed by atoms with Crippen LogP contribution in [0.5, 0.6) is 0 Å². The number of carbonyl (C=O) groups excluding carboxylic acids is 3. The molecule has 112 valence electrons. The molecule has 1 saturated carbocycles. The van der Waals surface area contributed by atoms with Crippen molar-refractivity contribution in [1.29, 1.82) is 0 Å². The molecule has 0 radical (unpaired) electrons. The molecule has 1 aliphatic rings. The first kappa shape index (κ1) is 15.0. The number of rotatable bonds is 6. The van der Waals surface area contributed by atoms with Gasteiger partial charge in [0.05, 0.1) is 11.9 Å². The van der Waals surface area contributed by atoms with Gasteiger partial charge in [0.25, 0.3) is 12.3 Å². The van der Waals surface area contributed by atoms with E-state index in [4.69, 9.17) is 0 Å². The van der Waals surface area contributed by atoms with Gasteiger partial charge in [0.15, 0.2) is 0 Å². The van der Waals surface area contributed by atoms with E-state index >= 15 is 0 Å². The number of likely N-dealkylation sites (N-methyl/N-ethyl adjacent to an activating group) is 1. The van der Waals surface area contributed by atoms with Crippen molar-refractivity contribution in [2.45, 2.75) is 24.8 Å². The maximum atomic E-state index is 12.4. The minimum Gasteiger partial charge on any atom is -0.312 e. The summed E-state index contributed by atoms with van der Waals surface area (Å²) in [5.74, 6) is -0.451. The van der Waals surface area contributed by atoms with Gasteiger partial charge in [0, 0.05) is 7.05 Å². The summed E-state index contributed by atoms with van der Waals surface area (Å²) in [6, 6.07) is 2.47. The van der Waals surface area contributed by atoms with E-state index in [0.717, 1.165) is 17.2 Å². The summed E-state index contributed by atoms with van der Waals surface area (Å²) >= 11 is 0. The van der Waals surface area contributed by atoms with Gasteiger partial charge in [-0.2, -0.15) is 0 Å². The van der Waals surface area contributed by atoms with Crippen LogP contribution in [0.1, 0.15) is 25.0 Å². The molecule has 3 amide bonds. The van der Waals surface area contributed by atoms with Crippen molar-refractivity contribution in [2.75, 3.05) is 11.9 Å². The fourth-order valence-corrected chi connectivity index (χ4v) is 2.08. The second kappa shape index (κ2) is 5.55. The van der Waals surface area contributed by atoms with Crippen LogP contribution in [0.15, 0.2) is 18.3 Å². The van der Waals surface area contributed by atoms with Crippen molar-refractivity contribution in [3.05, 3.63) is 24.0 Å². The molecule has 21 heavy (non-hydrogen) atoms. The minimum absolute atomic E-state index is 0.309. The first-order chi connectivity index (χ1) is 9.96. The Bertz CT molecular complexity index is 550. The summed E-state index contributed by atoms with van der Waals surface area (Å²) in [4.78, 5) is 39.6. The summed E-state index contributed by atoms with van der Waals surface area (Å²) in [5.41, 5.74) is -1.23. The van der Waals surface area contributed by atoms with Gasteiger partial charge in [-0.3, -0.25) is 24.3 Å². The molecule has 0 saturated heterocycles. The van der Waals surface area contributed by atoms with Gasteiger partial charge in [-0.15, -0.1) is 0 Å². The molecule has 0 bridgehead atoms. The molecule has 0 N–H and O–H groups in total. The molecular formula is C13H13F2N3O3. The summed E-state index contributed by atoms with van der Waals surface area (Å²) in [6.45, 7) is 0. The van der Waals surface area contributed by atoms with Gasteiger partial charge in [0.1, 0.15) is 11.2 Å². The number of anilines is 1. The number of nitrogens with zero attached hydrogens (tertiary/aromatic N) is 3. The van der Waals surface area contributed by atoms with Gasteiger partial charge < -0.3 is 4.90 Å². The number of imide groups is 1. The van der Waals surface area contributed by atoms with E-state index in [1.807, 2.05) is 0 Å². The highest BCUT2D eigenvalue weighted by Crippen LogP contribution is 2.42. The SMILES string of the molecule is CN(C(=O)C1(N(C=O)C=O)CC1)c1ccc(C(F)F)nc1. The average molecular weight is 297 g/mol. The highest BCUT2D eigenvalue weighted by molar-refractivity contribution is 6.04. The largest absolute Gasteiger partial charge is 0.312 e. The third kappa shape index (κ3) is 2.61. The standard InChI is InChI=1S/C13H13F2N3O3/c1-17(9-2-3-10(11(14)15)16-6-9)12(21)13(4-5-13)18(7-19)8-20/h2-3,6-8,11H,4-5H2,1H3. The van der Waals surface area contributed by atoms with Gasteiger partial charge in [-0.05, 0) is 25.0 Å². The van der Waals surface area contributed by atoms with Crippen LogP contribution in [0.3, 0.4) is 0 Å². The molecule has 6 nitrogen and oxygen atoms in total. The molecule has 1 fully saturated rings. The zero-order valence-corrected chi connectivity index (χ0v) is 11.2. The van der Waals surface area contributed by atoms with E-state index in [-0.39, 0.29) is 5.69 Å². The first-order valence-electron chi connectivity index (χ1n) is 6.17. The highest BCUT2D eigenvalue weighted by atomic mass is 19.3. The third-order valence-electron chi connectivity index (χ3n) is 3.53. The van der Waals surface area contributed by atoms with Crippen LogP contribution in [-0.2, 0) is 14.4 Å². The lowest BCUT2D eigenvalue weighted by Crippen LogP contribution is -2.49. The molecule has 0 atom stereocenters. The molecule has 8 heteroatoms. The number of hydrogen-bond acceptors (Lipinski definition) is 4. The second-order valence-corrected chi connectivity index (χ2v) is 4.76. The Hall–Kier alpha value is -2.38. The van der Waals surface area contributed by atoms with Crippen LogP contribution in [0.2, 0.25) is 0 Å². The molecule has 0 unspecified atom stereocenters. The third-order valence-corrected chi connectivity index (χ3v) is 3.53. The van der Waals surface area contributed by atoms with Gasteiger partial charge in [-0.25, -0.2) is 8.78 Å². The van der Waals surface area contributed by atoms with E-state index in [1.165, 1.54) is 18.0 Å². The maximum absolute atomic E-state index is 12.4. The van der Waals surface area contributed by atoms with Crippen LogP contribution < -0.4 is 4.90 Å². The van der Waals surface area contributed by atoms with Crippen LogP contribution in [0, 0.1) is 0 Å². The molecule has 0 aromatic carbocycles. The fourth-order valence-electron chi connectivity index (χ4n) is 2.08. The van der Waals surface area contributed by atoms with E-state index in [9.17, 15) is 23.2 Å². The van der Waals surface area contributed by atoms with Gasteiger partial charge in [-0.1, -0.05) is 0 Å². The zero-order chi connectivity index (χ0) is 15.6. The lowest BCUT2D eigenvalue weighted by atomic mass is 10.2. The lowest BCUT2D eigenvalue weighted by Gasteiger charge is -2.27. The summed E-state index contributed by atoms with van der Waals surface area (Å²) in [5, 5.41) is 0. The smallest absolute Gasteiger partial charge is 0.280 e. The number of amides is 3. The molecule has 1 aromatic rings. The monoisotopic (exact) mass is 297 g/mol. The van der Waals surface area contributed by atoms with Crippen LogP contribution in [0.25, 0.3) is 0 Å². The van der Waals surface area contributed by atoms with E-state index in [2.05, 4.69) is 4.98 Å². The highest BCUT2D eigenvalue weighted by Gasteiger charge is 2.56. The summed E-state index contributed by atoms with van der Waals surface area (Å²) < 4.78 is 24.9. The number of carbonyl (C=O) groups is 3. The Labute approximate surface area is 119 Å². The molecule has 0 aliphatic heterocycles. The fraction of sp³-hybridized carbons (Fsp3) is 0.385.